The fraction of sp³-hybridized carbons (Fsp3) is 0.250. The first kappa shape index (κ1) is 18.6. The van der Waals surface area contributed by atoms with Crippen molar-refractivity contribution in [3.05, 3.63) is 70.3 Å². The number of carbonyl (C=O) groups excluding carboxylic acids is 1. The van der Waals surface area contributed by atoms with Gasteiger partial charge in [-0.05, 0) is 30.8 Å². The largest absolute Gasteiger partial charge is 0.367 e. The minimum absolute atomic E-state index is 0.00188. The molecule has 27 heavy (non-hydrogen) atoms. The highest BCUT2D eigenvalue weighted by atomic mass is 16.6. The van der Waals surface area contributed by atoms with Crippen molar-refractivity contribution in [2.75, 3.05) is 43.4 Å². The molecule has 1 fully saturated rings. The summed E-state index contributed by atoms with van der Waals surface area (Å²) in [6, 6.07) is 13.9. The highest BCUT2D eigenvalue weighted by Gasteiger charge is 2.17. The summed E-state index contributed by atoms with van der Waals surface area (Å²) in [5.74, 6) is -0.275. The summed E-state index contributed by atoms with van der Waals surface area (Å²) in [5, 5.41) is 13.7. The van der Waals surface area contributed by atoms with Crippen molar-refractivity contribution < 1.29 is 9.72 Å². The van der Waals surface area contributed by atoms with Gasteiger partial charge in [-0.1, -0.05) is 24.3 Å². The van der Waals surface area contributed by atoms with Crippen LogP contribution in [0.2, 0.25) is 0 Å². The minimum atomic E-state index is -0.455. The fourth-order valence-electron chi connectivity index (χ4n) is 2.99. The number of non-ortho nitro benzene ring substituents is 1. The van der Waals surface area contributed by atoms with Crippen molar-refractivity contribution in [2.24, 2.45) is 0 Å². The lowest BCUT2D eigenvalue weighted by molar-refractivity contribution is -0.384. The van der Waals surface area contributed by atoms with Gasteiger partial charge in [0.1, 0.15) is 0 Å². The Labute approximate surface area is 158 Å². The number of nitrogens with zero attached hydrogens (tertiary/aromatic N) is 3. The van der Waals surface area contributed by atoms with E-state index in [1.54, 1.807) is 18.2 Å². The molecule has 0 bridgehead atoms. The number of benzene rings is 2. The normalized spacial score (nSPS) is 15.1. The lowest BCUT2D eigenvalue weighted by Gasteiger charge is -2.35. The van der Waals surface area contributed by atoms with Gasteiger partial charge in [-0.25, -0.2) is 0 Å². The van der Waals surface area contributed by atoms with E-state index in [1.165, 1.54) is 18.2 Å². The molecule has 0 aliphatic carbocycles. The highest BCUT2D eigenvalue weighted by Crippen LogP contribution is 2.26. The molecule has 0 radical (unpaired) electrons. The standard InChI is InChI=1S/C20H22N4O3/c1-22-11-13-23(14-12-22)19-8-3-2-7-18(19)21-20(25)10-9-16-5-4-6-17(15-16)24(26)27/h2-10,15H,11-14H2,1H3,(H,21,25). The van der Waals surface area contributed by atoms with Crippen LogP contribution in [0.15, 0.2) is 54.6 Å². The topological polar surface area (TPSA) is 78.7 Å². The molecule has 2 aromatic carbocycles. The van der Waals surface area contributed by atoms with Crippen LogP contribution in [-0.2, 0) is 4.79 Å². The van der Waals surface area contributed by atoms with E-state index in [2.05, 4.69) is 22.2 Å². The molecular weight excluding hydrogens is 344 g/mol. The van der Waals surface area contributed by atoms with Gasteiger partial charge < -0.3 is 15.1 Å². The number of anilines is 2. The number of hydrogen-bond donors (Lipinski definition) is 1. The molecule has 1 aliphatic heterocycles. The number of piperazine rings is 1. The first-order valence-electron chi connectivity index (χ1n) is 8.79. The molecule has 2 aromatic rings. The molecule has 140 valence electrons. The quantitative estimate of drug-likeness (QED) is 0.500. The van der Waals surface area contributed by atoms with Crippen LogP contribution in [-0.4, -0.2) is 49.0 Å². The second-order valence-electron chi connectivity index (χ2n) is 6.48. The van der Waals surface area contributed by atoms with Crippen molar-refractivity contribution in [3.8, 4) is 0 Å². The maximum absolute atomic E-state index is 12.3. The van der Waals surface area contributed by atoms with Gasteiger partial charge in [0.05, 0.1) is 16.3 Å². The van der Waals surface area contributed by atoms with Crippen LogP contribution in [0.3, 0.4) is 0 Å². The average Bonchev–Trinajstić information content (AvgIpc) is 2.68. The van der Waals surface area contributed by atoms with Gasteiger partial charge in [-0.15, -0.1) is 0 Å². The van der Waals surface area contributed by atoms with E-state index in [9.17, 15) is 14.9 Å². The number of nitro groups is 1. The zero-order valence-electron chi connectivity index (χ0n) is 15.2. The molecule has 1 amide bonds. The van der Waals surface area contributed by atoms with Crippen LogP contribution in [0.1, 0.15) is 5.56 Å². The van der Waals surface area contributed by atoms with E-state index in [4.69, 9.17) is 0 Å². The third-order valence-corrected chi connectivity index (χ3v) is 4.51. The Balaban J connectivity index is 1.69. The highest BCUT2D eigenvalue weighted by molar-refractivity contribution is 6.03. The van der Waals surface area contributed by atoms with Gasteiger partial charge in [0, 0.05) is 44.4 Å². The number of rotatable bonds is 5. The second kappa shape index (κ2) is 8.46. The molecule has 0 unspecified atom stereocenters. The van der Waals surface area contributed by atoms with Gasteiger partial charge >= 0.3 is 0 Å². The van der Waals surface area contributed by atoms with Gasteiger partial charge in [0.2, 0.25) is 5.91 Å². The zero-order valence-corrected chi connectivity index (χ0v) is 15.2. The fourth-order valence-corrected chi connectivity index (χ4v) is 2.99. The van der Waals surface area contributed by atoms with E-state index in [-0.39, 0.29) is 11.6 Å². The van der Waals surface area contributed by atoms with Gasteiger partial charge in [-0.3, -0.25) is 14.9 Å². The van der Waals surface area contributed by atoms with E-state index >= 15 is 0 Å². The molecule has 1 N–H and O–H groups in total. The molecule has 1 saturated heterocycles. The molecule has 7 heteroatoms. The molecule has 0 aromatic heterocycles. The monoisotopic (exact) mass is 366 g/mol. The summed E-state index contributed by atoms with van der Waals surface area (Å²) in [4.78, 5) is 27.3. The first-order valence-corrected chi connectivity index (χ1v) is 8.79. The summed E-state index contributed by atoms with van der Waals surface area (Å²) in [6.07, 6.45) is 2.96. The van der Waals surface area contributed by atoms with Crippen molar-refractivity contribution >= 4 is 29.0 Å². The Kier molecular flexibility index (Phi) is 5.83. The Morgan fingerprint density at radius 2 is 1.85 bits per heavy atom. The Morgan fingerprint density at radius 1 is 1.11 bits per heavy atom. The third-order valence-electron chi connectivity index (χ3n) is 4.51. The predicted octanol–water partition coefficient (Wildman–Crippen LogP) is 3.00. The van der Waals surface area contributed by atoms with E-state index < -0.39 is 4.92 Å². The molecule has 0 saturated carbocycles. The number of amides is 1. The number of hydrogen-bond acceptors (Lipinski definition) is 5. The molecule has 3 rings (SSSR count). The van der Waals surface area contributed by atoms with Crippen molar-refractivity contribution in [2.45, 2.75) is 0 Å². The average molecular weight is 366 g/mol. The summed E-state index contributed by atoms with van der Waals surface area (Å²) >= 11 is 0. The number of para-hydroxylation sites is 2. The van der Waals surface area contributed by atoms with Crippen LogP contribution in [0.4, 0.5) is 17.1 Å². The molecule has 1 aliphatic rings. The number of carbonyl (C=O) groups is 1. The van der Waals surface area contributed by atoms with Crippen LogP contribution < -0.4 is 10.2 Å². The summed E-state index contributed by atoms with van der Waals surface area (Å²) in [5.41, 5.74) is 2.36. The lowest BCUT2D eigenvalue weighted by Crippen LogP contribution is -2.44. The maximum atomic E-state index is 12.3. The number of likely N-dealkylation sites (N-methyl/N-ethyl adjacent to an activating group) is 1. The molecular formula is C20H22N4O3. The Morgan fingerprint density at radius 3 is 2.59 bits per heavy atom. The van der Waals surface area contributed by atoms with Crippen molar-refractivity contribution in [1.82, 2.24) is 4.90 Å². The maximum Gasteiger partial charge on any atom is 0.270 e. The minimum Gasteiger partial charge on any atom is -0.367 e. The van der Waals surface area contributed by atoms with Crippen LogP contribution >= 0.6 is 0 Å². The molecule has 7 nitrogen and oxygen atoms in total. The van der Waals surface area contributed by atoms with E-state index in [1.807, 2.05) is 24.3 Å². The zero-order chi connectivity index (χ0) is 19.2. The molecule has 0 spiro atoms. The number of nitro benzene ring substituents is 1. The Hall–Kier alpha value is -3.19. The van der Waals surface area contributed by atoms with E-state index in [0.29, 0.717) is 5.56 Å². The second-order valence-corrected chi connectivity index (χ2v) is 6.48. The van der Waals surface area contributed by atoms with E-state index in [0.717, 1.165) is 37.6 Å². The van der Waals surface area contributed by atoms with Crippen LogP contribution in [0, 0.1) is 10.1 Å². The van der Waals surface area contributed by atoms with Crippen LogP contribution in [0.25, 0.3) is 6.08 Å². The number of nitrogens with one attached hydrogen (secondary N) is 1. The van der Waals surface area contributed by atoms with Gasteiger partial charge in [-0.2, -0.15) is 0 Å². The Bertz CT molecular complexity index is 858. The van der Waals surface area contributed by atoms with Crippen molar-refractivity contribution in [1.29, 1.82) is 0 Å². The van der Waals surface area contributed by atoms with Gasteiger partial charge in [0.15, 0.2) is 0 Å². The summed E-state index contributed by atoms with van der Waals surface area (Å²) < 4.78 is 0. The third kappa shape index (κ3) is 4.92. The van der Waals surface area contributed by atoms with Crippen molar-refractivity contribution in [3.63, 3.8) is 0 Å². The SMILES string of the molecule is CN1CCN(c2ccccc2NC(=O)C=Cc2cccc([N+](=O)[O-])c2)CC1. The summed E-state index contributed by atoms with van der Waals surface area (Å²) in [6.45, 7) is 3.78. The summed E-state index contributed by atoms with van der Waals surface area (Å²) in [7, 11) is 2.10. The van der Waals surface area contributed by atoms with Crippen LogP contribution in [0.5, 0.6) is 0 Å². The molecule has 0 atom stereocenters. The smallest absolute Gasteiger partial charge is 0.270 e. The molecule has 1 heterocycles. The van der Waals surface area contributed by atoms with Gasteiger partial charge in [0.25, 0.3) is 5.69 Å². The predicted molar refractivity (Wildman–Crippen MR) is 107 cm³/mol. The first-order chi connectivity index (χ1) is 13.0. The lowest BCUT2D eigenvalue weighted by atomic mass is 10.2.